The van der Waals surface area contributed by atoms with Crippen molar-refractivity contribution in [3.63, 3.8) is 0 Å². The minimum atomic E-state index is -1.42. The molecule has 0 aliphatic carbocycles. The number of hydrogen-bond acceptors (Lipinski definition) is 8. The number of aliphatic carboxylic acids is 4. The van der Waals surface area contributed by atoms with Crippen LogP contribution in [0.15, 0.2) is 0 Å². The second kappa shape index (κ2) is 14.2. The van der Waals surface area contributed by atoms with Gasteiger partial charge in [0.15, 0.2) is 0 Å². The third-order valence-electron chi connectivity index (χ3n) is 1.94. The first-order valence-corrected chi connectivity index (χ1v) is 5.44. The van der Waals surface area contributed by atoms with E-state index in [0.29, 0.717) is 0 Å². The maximum absolute atomic E-state index is 9.88. The molecule has 2 atom stereocenters. The fraction of sp³-hybridized carbons (Fsp3) is 0.600. The average molecular weight is 380 g/mol. The number of nitrogens with two attached hydrogens (primary N) is 2. The van der Waals surface area contributed by atoms with Crippen molar-refractivity contribution in [2.45, 2.75) is 37.8 Å². The van der Waals surface area contributed by atoms with Crippen molar-refractivity contribution in [2.24, 2.45) is 11.5 Å². The van der Waals surface area contributed by atoms with Gasteiger partial charge in [0.1, 0.15) is 0 Å². The molecule has 116 valence electrons. The van der Waals surface area contributed by atoms with Crippen LogP contribution in [0.25, 0.3) is 0 Å². The second-order valence-corrected chi connectivity index (χ2v) is 3.72. The van der Waals surface area contributed by atoms with Gasteiger partial charge in [-0.15, -0.1) is 0 Å². The van der Waals surface area contributed by atoms with E-state index in [2.05, 4.69) is 0 Å². The molecule has 0 amide bonds. The minimum absolute atomic E-state index is 0. The van der Waals surface area contributed by atoms with Crippen molar-refractivity contribution in [2.75, 3.05) is 0 Å². The molecule has 0 aromatic carbocycles. The fourth-order valence-corrected chi connectivity index (χ4v) is 0.794. The van der Waals surface area contributed by atoms with Gasteiger partial charge in [-0.3, -0.25) is 9.59 Å². The Hall–Kier alpha value is -0.719. The summed E-state index contributed by atoms with van der Waals surface area (Å²) in [5.74, 6) is -4.95. The SMILES string of the molecule is N[C@H](CCC(=O)O)C(=O)[O-].N[C@H](CCC(=O)O)C(=O)[O-].[Sr+2]. The van der Waals surface area contributed by atoms with Crippen LogP contribution in [-0.2, 0) is 19.2 Å². The van der Waals surface area contributed by atoms with Gasteiger partial charge < -0.3 is 41.5 Å². The third-order valence-corrected chi connectivity index (χ3v) is 1.94. The van der Waals surface area contributed by atoms with Gasteiger partial charge in [-0.05, 0) is 12.8 Å². The van der Waals surface area contributed by atoms with E-state index >= 15 is 0 Å². The predicted molar refractivity (Wildman–Crippen MR) is 65.5 cm³/mol. The second-order valence-electron chi connectivity index (χ2n) is 3.72. The van der Waals surface area contributed by atoms with Crippen molar-refractivity contribution in [1.29, 1.82) is 0 Å². The average Bonchev–Trinajstić information content (AvgIpc) is 2.33. The molecule has 0 saturated carbocycles. The molecule has 10 nitrogen and oxygen atoms in total. The van der Waals surface area contributed by atoms with E-state index in [1.807, 2.05) is 0 Å². The largest absolute Gasteiger partial charge is 2.00 e. The number of rotatable bonds is 8. The first-order chi connectivity index (χ1) is 9.07. The summed E-state index contributed by atoms with van der Waals surface area (Å²) in [6.45, 7) is 0. The van der Waals surface area contributed by atoms with Gasteiger partial charge in [0.25, 0.3) is 0 Å². The maximum atomic E-state index is 9.88. The molecule has 0 spiro atoms. The van der Waals surface area contributed by atoms with Crippen molar-refractivity contribution < 1.29 is 39.6 Å². The van der Waals surface area contributed by atoms with Crippen molar-refractivity contribution in [3.05, 3.63) is 0 Å². The van der Waals surface area contributed by atoms with Crippen LogP contribution in [0.1, 0.15) is 25.7 Å². The molecule has 0 aromatic rings. The summed E-state index contributed by atoms with van der Waals surface area (Å²) in [5.41, 5.74) is 9.88. The number of carboxylic acids is 4. The van der Waals surface area contributed by atoms with E-state index in [0.717, 1.165) is 0 Å². The molecular formula is C10H16N2O8Sr. The Kier molecular flexibility index (Phi) is 17.1. The van der Waals surface area contributed by atoms with Gasteiger partial charge in [-0.25, -0.2) is 0 Å². The Morgan fingerprint density at radius 3 is 1.19 bits per heavy atom. The van der Waals surface area contributed by atoms with E-state index < -0.39 is 36.0 Å². The molecule has 21 heavy (non-hydrogen) atoms. The Morgan fingerprint density at radius 2 is 1.05 bits per heavy atom. The number of hydrogen-bond donors (Lipinski definition) is 4. The Labute approximate surface area is 157 Å². The predicted octanol–water partition coefficient (Wildman–Crippen LogP) is -4.52. The smallest absolute Gasteiger partial charge is 0.548 e. The van der Waals surface area contributed by atoms with E-state index in [9.17, 15) is 29.4 Å². The minimum Gasteiger partial charge on any atom is -0.548 e. The van der Waals surface area contributed by atoms with Crippen LogP contribution >= 0.6 is 0 Å². The van der Waals surface area contributed by atoms with Gasteiger partial charge in [0.05, 0.1) is 11.9 Å². The molecule has 0 unspecified atom stereocenters. The zero-order chi connectivity index (χ0) is 16.3. The van der Waals surface area contributed by atoms with Gasteiger partial charge in [0.2, 0.25) is 0 Å². The normalized spacial score (nSPS) is 11.9. The van der Waals surface area contributed by atoms with Crippen LogP contribution in [0, 0.1) is 0 Å². The first kappa shape index (κ1) is 25.2. The summed E-state index contributed by atoms with van der Waals surface area (Å²) >= 11 is 0. The molecule has 0 fully saturated rings. The van der Waals surface area contributed by atoms with E-state index in [1.165, 1.54) is 0 Å². The molecule has 0 rings (SSSR count). The standard InChI is InChI=1S/2C5H9NO4.Sr/c2*6-3(5(9)10)1-2-4(7)8;/h2*3H,1-2,6H2,(H,7,8)(H,9,10);/q;;+2/p-2/t2*3-;/m11./s1. The van der Waals surface area contributed by atoms with Crippen molar-refractivity contribution >= 4 is 69.4 Å². The van der Waals surface area contributed by atoms with Gasteiger partial charge in [0, 0.05) is 24.9 Å². The van der Waals surface area contributed by atoms with Gasteiger partial charge >= 0.3 is 57.4 Å². The molecule has 0 heterocycles. The van der Waals surface area contributed by atoms with Crippen molar-refractivity contribution in [3.8, 4) is 0 Å². The summed E-state index contributed by atoms with van der Waals surface area (Å²) in [7, 11) is 0. The van der Waals surface area contributed by atoms with E-state index in [-0.39, 0.29) is 71.2 Å². The monoisotopic (exact) mass is 380 g/mol. The fourth-order valence-electron chi connectivity index (χ4n) is 0.794. The molecule has 11 heteroatoms. The van der Waals surface area contributed by atoms with Crippen LogP contribution in [0.2, 0.25) is 0 Å². The zero-order valence-corrected chi connectivity index (χ0v) is 14.7. The van der Waals surface area contributed by atoms with Crippen LogP contribution in [0.3, 0.4) is 0 Å². The molecule has 0 aromatic heterocycles. The van der Waals surface area contributed by atoms with Gasteiger partial charge in [-0.2, -0.15) is 0 Å². The molecule has 0 aliphatic heterocycles. The number of carbonyl (C=O) groups excluding carboxylic acids is 2. The molecule has 0 aliphatic rings. The van der Waals surface area contributed by atoms with Crippen LogP contribution < -0.4 is 21.7 Å². The third kappa shape index (κ3) is 19.3. The molecular weight excluding hydrogens is 364 g/mol. The van der Waals surface area contributed by atoms with E-state index in [4.69, 9.17) is 21.7 Å². The Bertz CT molecular complexity index is 329. The summed E-state index contributed by atoms with van der Waals surface area (Å²) in [5, 5.41) is 35.9. The molecule has 0 radical (unpaired) electrons. The van der Waals surface area contributed by atoms with Crippen molar-refractivity contribution in [1.82, 2.24) is 0 Å². The molecule has 0 saturated heterocycles. The zero-order valence-electron chi connectivity index (χ0n) is 11.2. The Balaban J connectivity index is -0.000000295. The van der Waals surface area contributed by atoms with E-state index in [1.54, 1.807) is 0 Å². The number of carbonyl (C=O) groups is 4. The quantitative estimate of drug-likeness (QED) is 0.297. The Morgan fingerprint density at radius 1 is 0.810 bits per heavy atom. The topological polar surface area (TPSA) is 207 Å². The summed E-state index contributed by atoms with van der Waals surface area (Å²) < 4.78 is 0. The van der Waals surface area contributed by atoms with Crippen LogP contribution in [-0.4, -0.2) is 91.7 Å². The maximum Gasteiger partial charge on any atom is 2.00 e. The first-order valence-electron chi connectivity index (χ1n) is 5.44. The summed E-state index contributed by atoms with van der Waals surface area (Å²) in [6, 6.07) is -2.34. The van der Waals surface area contributed by atoms with Crippen LogP contribution in [0.5, 0.6) is 0 Å². The molecule has 6 N–H and O–H groups in total. The summed E-state index contributed by atoms with van der Waals surface area (Å²) in [6.07, 6.45) is -0.653. The molecule has 0 bridgehead atoms. The van der Waals surface area contributed by atoms with Gasteiger partial charge in [-0.1, -0.05) is 0 Å². The number of carboxylic acid groups (broad SMARTS) is 4. The van der Waals surface area contributed by atoms with Crippen LogP contribution in [0.4, 0.5) is 0 Å². The summed E-state index contributed by atoms with van der Waals surface area (Å²) in [4.78, 5) is 39.5.